The average molecular weight is 451 g/mol. The van der Waals surface area contributed by atoms with Crippen LogP contribution in [0.3, 0.4) is 0 Å². The molecular weight excluding hydrogens is 424 g/mol. The molecule has 1 amide bonds. The maximum atomic E-state index is 13.3. The fourth-order valence-corrected chi connectivity index (χ4v) is 5.36. The number of carbonyl (C=O) groups is 1. The number of carbonyl (C=O) groups excluding carboxylic acids is 1. The van der Waals surface area contributed by atoms with Crippen molar-refractivity contribution in [3.8, 4) is 5.75 Å². The van der Waals surface area contributed by atoms with E-state index in [0.29, 0.717) is 37.4 Å². The van der Waals surface area contributed by atoms with Crippen molar-refractivity contribution in [2.24, 2.45) is 0 Å². The zero-order valence-corrected chi connectivity index (χ0v) is 19.0. The molecule has 0 radical (unpaired) electrons. The Balaban J connectivity index is 1.46. The number of rotatable bonds is 7. The summed E-state index contributed by atoms with van der Waals surface area (Å²) in [5.74, 6) is 0.532. The van der Waals surface area contributed by atoms with Gasteiger partial charge in [-0.05, 0) is 54.8 Å². The zero-order chi connectivity index (χ0) is 22.7. The molecule has 3 aromatic carbocycles. The van der Waals surface area contributed by atoms with Crippen LogP contribution < -0.4 is 9.04 Å². The van der Waals surface area contributed by atoms with Gasteiger partial charge in [0.15, 0.2) is 0 Å². The Kier molecular flexibility index (Phi) is 6.19. The standard InChI is InChI=1S/C25H26N2O4S/c1-19-8-3-6-13-24(19)31-17-16-26(2)25(28)21-10-7-11-22(18-21)32(29,30)27-15-14-20-9-4-5-12-23(20)27/h3-13,18H,14-17H2,1-2H3. The first-order valence-corrected chi connectivity index (χ1v) is 12.0. The molecule has 0 saturated carbocycles. The maximum absolute atomic E-state index is 13.3. The summed E-state index contributed by atoms with van der Waals surface area (Å²) >= 11 is 0. The minimum Gasteiger partial charge on any atom is -0.491 e. The molecule has 0 bridgehead atoms. The minimum absolute atomic E-state index is 0.115. The van der Waals surface area contributed by atoms with Gasteiger partial charge < -0.3 is 9.64 Å². The number of ether oxygens (including phenoxy) is 1. The van der Waals surface area contributed by atoms with Gasteiger partial charge in [-0.2, -0.15) is 0 Å². The second-order valence-electron chi connectivity index (χ2n) is 7.82. The highest BCUT2D eigenvalue weighted by molar-refractivity contribution is 7.92. The lowest BCUT2D eigenvalue weighted by molar-refractivity contribution is 0.0773. The van der Waals surface area contributed by atoms with Gasteiger partial charge in [0, 0.05) is 19.2 Å². The summed E-state index contributed by atoms with van der Waals surface area (Å²) in [6, 6.07) is 21.4. The monoisotopic (exact) mass is 450 g/mol. The normalized spacial score (nSPS) is 13.0. The third kappa shape index (κ3) is 4.34. The molecule has 166 valence electrons. The van der Waals surface area contributed by atoms with Crippen LogP contribution >= 0.6 is 0 Å². The number of fused-ring (bicyclic) bond motifs is 1. The molecule has 1 aliphatic rings. The molecule has 6 nitrogen and oxygen atoms in total. The fourth-order valence-electron chi connectivity index (χ4n) is 3.81. The summed E-state index contributed by atoms with van der Waals surface area (Å²) in [6.45, 7) is 3.09. The van der Waals surface area contributed by atoms with Crippen LogP contribution in [-0.2, 0) is 16.4 Å². The van der Waals surface area contributed by atoms with Gasteiger partial charge in [0.2, 0.25) is 0 Å². The molecule has 0 unspecified atom stereocenters. The number of para-hydroxylation sites is 2. The molecule has 32 heavy (non-hydrogen) atoms. The van der Waals surface area contributed by atoms with Crippen molar-refractivity contribution in [3.63, 3.8) is 0 Å². The van der Waals surface area contributed by atoms with Gasteiger partial charge in [0.25, 0.3) is 15.9 Å². The van der Waals surface area contributed by atoms with Crippen molar-refractivity contribution in [1.29, 1.82) is 0 Å². The molecular formula is C25H26N2O4S. The Morgan fingerprint density at radius 2 is 1.78 bits per heavy atom. The van der Waals surface area contributed by atoms with E-state index in [1.807, 2.05) is 55.5 Å². The summed E-state index contributed by atoms with van der Waals surface area (Å²) in [5.41, 5.74) is 3.08. The Morgan fingerprint density at radius 1 is 1.03 bits per heavy atom. The van der Waals surface area contributed by atoms with Crippen LogP contribution in [0.25, 0.3) is 0 Å². The second-order valence-corrected chi connectivity index (χ2v) is 9.69. The molecule has 0 spiro atoms. The highest BCUT2D eigenvalue weighted by Gasteiger charge is 2.31. The lowest BCUT2D eigenvalue weighted by Gasteiger charge is -2.21. The highest BCUT2D eigenvalue weighted by Crippen LogP contribution is 2.32. The zero-order valence-electron chi connectivity index (χ0n) is 18.2. The Bertz CT molecular complexity index is 1240. The molecule has 0 fully saturated rings. The van der Waals surface area contributed by atoms with E-state index in [1.165, 1.54) is 21.3 Å². The summed E-state index contributed by atoms with van der Waals surface area (Å²) in [5, 5.41) is 0. The highest BCUT2D eigenvalue weighted by atomic mass is 32.2. The van der Waals surface area contributed by atoms with Crippen molar-refractivity contribution in [2.45, 2.75) is 18.2 Å². The molecule has 7 heteroatoms. The van der Waals surface area contributed by atoms with Crippen LogP contribution in [-0.4, -0.2) is 46.0 Å². The van der Waals surface area contributed by atoms with Gasteiger partial charge in [0.1, 0.15) is 12.4 Å². The SMILES string of the molecule is Cc1ccccc1OCCN(C)C(=O)c1cccc(S(=O)(=O)N2CCc3ccccc32)c1. The average Bonchev–Trinajstić information content (AvgIpc) is 3.25. The van der Waals surface area contributed by atoms with Gasteiger partial charge in [0.05, 0.1) is 17.1 Å². The number of aryl methyl sites for hydroxylation is 1. The molecule has 0 N–H and O–H groups in total. The van der Waals surface area contributed by atoms with Gasteiger partial charge in [-0.1, -0.05) is 42.5 Å². The van der Waals surface area contributed by atoms with Gasteiger partial charge >= 0.3 is 0 Å². The van der Waals surface area contributed by atoms with Gasteiger partial charge in [-0.25, -0.2) is 8.42 Å². The minimum atomic E-state index is -3.75. The van der Waals surface area contributed by atoms with Crippen LogP contribution in [0, 0.1) is 6.92 Å². The molecule has 0 atom stereocenters. The smallest absolute Gasteiger partial charge is 0.264 e. The van der Waals surface area contributed by atoms with Crippen molar-refractivity contribution in [2.75, 3.05) is 31.0 Å². The Labute approximate surface area is 189 Å². The Hall–Kier alpha value is -3.32. The van der Waals surface area contributed by atoms with Crippen LogP contribution in [0.2, 0.25) is 0 Å². The Morgan fingerprint density at radius 3 is 2.59 bits per heavy atom. The van der Waals surface area contributed by atoms with E-state index in [4.69, 9.17) is 4.74 Å². The number of likely N-dealkylation sites (N-methyl/N-ethyl adjacent to an activating group) is 1. The molecule has 0 aliphatic carbocycles. The van der Waals surface area contributed by atoms with E-state index in [0.717, 1.165) is 16.9 Å². The largest absolute Gasteiger partial charge is 0.491 e. The molecule has 1 heterocycles. The maximum Gasteiger partial charge on any atom is 0.264 e. The number of hydrogen-bond acceptors (Lipinski definition) is 4. The lowest BCUT2D eigenvalue weighted by Crippen LogP contribution is -2.32. The quantitative estimate of drug-likeness (QED) is 0.548. The molecule has 1 aliphatic heterocycles. The van der Waals surface area contributed by atoms with Crippen LogP contribution in [0.15, 0.2) is 77.7 Å². The van der Waals surface area contributed by atoms with Gasteiger partial charge in [-0.15, -0.1) is 0 Å². The molecule has 3 aromatic rings. The van der Waals surface area contributed by atoms with Crippen molar-refractivity contribution in [1.82, 2.24) is 4.90 Å². The summed E-state index contributed by atoms with van der Waals surface area (Å²) in [6.07, 6.45) is 0.678. The van der Waals surface area contributed by atoms with E-state index in [9.17, 15) is 13.2 Å². The summed E-state index contributed by atoms with van der Waals surface area (Å²) in [7, 11) is -2.07. The summed E-state index contributed by atoms with van der Waals surface area (Å²) < 4.78 is 33.8. The number of hydrogen-bond donors (Lipinski definition) is 0. The first-order valence-electron chi connectivity index (χ1n) is 10.5. The van der Waals surface area contributed by atoms with E-state index < -0.39 is 10.0 Å². The van der Waals surface area contributed by atoms with Gasteiger partial charge in [-0.3, -0.25) is 9.10 Å². The van der Waals surface area contributed by atoms with E-state index in [-0.39, 0.29) is 10.8 Å². The fraction of sp³-hybridized carbons (Fsp3) is 0.240. The molecule has 0 aromatic heterocycles. The van der Waals surface area contributed by atoms with E-state index in [1.54, 1.807) is 19.2 Å². The van der Waals surface area contributed by atoms with Crippen molar-refractivity contribution in [3.05, 3.63) is 89.5 Å². The topological polar surface area (TPSA) is 66.9 Å². The third-order valence-corrected chi connectivity index (χ3v) is 7.45. The number of benzene rings is 3. The number of nitrogens with zero attached hydrogens (tertiary/aromatic N) is 2. The molecule has 4 rings (SSSR count). The molecule has 0 saturated heterocycles. The lowest BCUT2D eigenvalue weighted by atomic mass is 10.2. The van der Waals surface area contributed by atoms with Crippen LogP contribution in [0.4, 0.5) is 5.69 Å². The third-order valence-electron chi connectivity index (χ3n) is 5.64. The van der Waals surface area contributed by atoms with E-state index >= 15 is 0 Å². The van der Waals surface area contributed by atoms with Crippen LogP contribution in [0.1, 0.15) is 21.5 Å². The predicted octanol–water partition coefficient (Wildman–Crippen LogP) is 3.90. The predicted molar refractivity (Wildman–Crippen MR) is 125 cm³/mol. The number of sulfonamides is 1. The second kappa shape index (κ2) is 9.04. The summed E-state index contributed by atoms with van der Waals surface area (Å²) in [4.78, 5) is 14.6. The van der Waals surface area contributed by atoms with Crippen molar-refractivity contribution < 1.29 is 17.9 Å². The number of amides is 1. The van der Waals surface area contributed by atoms with E-state index in [2.05, 4.69) is 0 Å². The first kappa shape index (κ1) is 21.9. The van der Waals surface area contributed by atoms with Crippen LogP contribution in [0.5, 0.6) is 5.75 Å². The number of anilines is 1. The first-order chi connectivity index (χ1) is 15.4. The van der Waals surface area contributed by atoms with Crippen molar-refractivity contribution >= 4 is 21.6 Å².